The summed E-state index contributed by atoms with van der Waals surface area (Å²) in [4.78, 5) is 26.4. The summed E-state index contributed by atoms with van der Waals surface area (Å²) in [5, 5.41) is 9.15. The van der Waals surface area contributed by atoms with Crippen LogP contribution < -0.4 is 0 Å². The molecule has 0 unspecified atom stereocenters. The number of carboxylic acids is 1. The van der Waals surface area contributed by atoms with Crippen LogP contribution in [0.25, 0.3) is 0 Å². The van der Waals surface area contributed by atoms with Crippen molar-refractivity contribution >= 4 is 11.9 Å². The molecule has 2 aliphatic rings. The normalized spacial score (nSPS) is 21.5. The zero-order chi connectivity index (χ0) is 17.2. The lowest BCUT2D eigenvalue weighted by Crippen LogP contribution is -2.52. The standard InChI is InChI=1S/C19H25NO4/c1-14-2-4-16(5-3-14)19(8-12-24-13-9-19)18(23)20-10-6-15(7-11-20)17(21)22/h2-5,15H,6-13H2,1H3,(H,21,22). The molecule has 2 heterocycles. The summed E-state index contributed by atoms with van der Waals surface area (Å²) in [6.07, 6.45) is 2.46. The van der Waals surface area contributed by atoms with Gasteiger partial charge in [0.25, 0.3) is 0 Å². The molecule has 0 saturated carbocycles. The van der Waals surface area contributed by atoms with Crippen LogP contribution in [0.1, 0.15) is 36.8 Å². The molecule has 0 radical (unpaired) electrons. The van der Waals surface area contributed by atoms with Crippen LogP contribution in [0.15, 0.2) is 24.3 Å². The minimum atomic E-state index is -0.749. The van der Waals surface area contributed by atoms with Gasteiger partial charge in [0.1, 0.15) is 0 Å². The Bertz CT molecular complexity index is 596. The summed E-state index contributed by atoms with van der Waals surface area (Å²) in [6.45, 7) is 4.28. The number of rotatable bonds is 3. The highest BCUT2D eigenvalue weighted by atomic mass is 16.5. The Labute approximate surface area is 142 Å². The van der Waals surface area contributed by atoms with Crippen LogP contribution >= 0.6 is 0 Å². The molecule has 0 spiro atoms. The molecule has 1 amide bonds. The molecule has 24 heavy (non-hydrogen) atoms. The first kappa shape index (κ1) is 17.0. The average Bonchev–Trinajstić information content (AvgIpc) is 2.62. The fraction of sp³-hybridized carbons (Fsp3) is 0.579. The smallest absolute Gasteiger partial charge is 0.306 e. The topological polar surface area (TPSA) is 66.8 Å². The summed E-state index contributed by atoms with van der Waals surface area (Å²) in [6, 6.07) is 8.22. The van der Waals surface area contributed by atoms with Crippen molar-refractivity contribution in [3.63, 3.8) is 0 Å². The highest BCUT2D eigenvalue weighted by molar-refractivity contribution is 5.88. The molecule has 3 rings (SSSR count). The zero-order valence-electron chi connectivity index (χ0n) is 14.2. The van der Waals surface area contributed by atoms with E-state index in [0.29, 0.717) is 52.0 Å². The highest BCUT2D eigenvalue weighted by Crippen LogP contribution is 2.38. The molecule has 0 aliphatic carbocycles. The molecule has 5 nitrogen and oxygen atoms in total. The highest BCUT2D eigenvalue weighted by Gasteiger charge is 2.44. The van der Waals surface area contributed by atoms with Crippen LogP contribution in [0.3, 0.4) is 0 Å². The van der Waals surface area contributed by atoms with Gasteiger partial charge in [0.05, 0.1) is 11.3 Å². The monoisotopic (exact) mass is 331 g/mol. The third kappa shape index (κ3) is 3.18. The van der Waals surface area contributed by atoms with Crippen molar-refractivity contribution in [2.24, 2.45) is 5.92 Å². The van der Waals surface area contributed by atoms with Crippen LogP contribution in [-0.2, 0) is 19.7 Å². The molecular formula is C19H25NO4. The Hall–Kier alpha value is -1.88. The molecule has 1 aromatic carbocycles. The van der Waals surface area contributed by atoms with Crippen LogP contribution in [0.2, 0.25) is 0 Å². The van der Waals surface area contributed by atoms with Gasteiger partial charge in [-0.2, -0.15) is 0 Å². The van der Waals surface area contributed by atoms with Gasteiger partial charge < -0.3 is 14.7 Å². The number of amides is 1. The van der Waals surface area contributed by atoms with Crippen LogP contribution in [0.4, 0.5) is 0 Å². The van der Waals surface area contributed by atoms with Crippen molar-refractivity contribution in [1.29, 1.82) is 0 Å². The second-order valence-electron chi connectivity index (χ2n) is 6.97. The van der Waals surface area contributed by atoms with E-state index in [1.165, 1.54) is 5.56 Å². The van der Waals surface area contributed by atoms with E-state index in [1.807, 2.05) is 11.8 Å². The number of carboxylic acid groups (broad SMARTS) is 1. The van der Waals surface area contributed by atoms with E-state index in [0.717, 1.165) is 5.56 Å². The molecule has 5 heteroatoms. The minimum absolute atomic E-state index is 0.137. The van der Waals surface area contributed by atoms with E-state index < -0.39 is 11.4 Å². The van der Waals surface area contributed by atoms with Crippen molar-refractivity contribution in [3.8, 4) is 0 Å². The lowest BCUT2D eigenvalue weighted by atomic mass is 9.72. The molecule has 130 valence electrons. The number of aliphatic carboxylic acids is 1. The quantitative estimate of drug-likeness (QED) is 0.923. The first-order valence-electron chi connectivity index (χ1n) is 8.70. The van der Waals surface area contributed by atoms with Gasteiger partial charge in [-0.3, -0.25) is 9.59 Å². The fourth-order valence-electron chi connectivity index (χ4n) is 3.85. The summed E-state index contributed by atoms with van der Waals surface area (Å²) >= 11 is 0. The summed E-state index contributed by atoms with van der Waals surface area (Å²) in [5.41, 5.74) is 1.71. The third-order valence-electron chi connectivity index (χ3n) is 5.49. The second-order valence-corrected chi connectivity index (χ2v) is 6.97. The van der Waals surface area contributed by atoms with E-state index in [2.05, 4.69) is 24.3 Å². The van der Waals surface area contributed by atoms with Gasteiger partial charge in [-0.15, -0.1) is 0 Å². The SMILES string of the molecule is Cc1ccc(C2(C(=O)N3CCC(C(=O)O)CC3)CCOCC2)cc1. The molecular weight excluding hydrogens is 306 g/mol. The van der Waals surface area contributed by atoms with E-state index in [1.54, 1.807) is 0 Å². The van der Waals surface area contributed by atoms with Crippen LogP contribution in [0, 0.1) is 12.8 Å². The molecule has 0 atom stereocenters. The van der Waals surface area contributed by atoms with Gasteiger partial charge in [-0.05, 0) is 38.2 Å². The number of piperidine rings is 1. The largest absolute Gasteiger partial charge is 0.481 e. The van der Waals surface area contributed by atoms with Gasteiger partial charge in [0.15, 0.2) is 0 Å². The number of ether oxygens (including phenoxy) is 1. The molecule has 2 saturated heterocycles. The Morgan fingerprint density at radius 3 is 2.25 bits per heavy atom. The zero-order valence-corrected chi connectivity index (χ0v) is 14.2. The number of nitrogens with zero attached hydrogens (tertiary/aromatic N) is 1. The molecule has 1 N–H and O–H groups in total. The number of benzene rings is 1. The number of carbonyl (C=O) groups is 2. The minimum Gasteiger partial charge on any atom is -0.481 e. The first-order valence-corrected chi connectivity index (χ1v) is 8.70. The van der Waals surface area contributed by atoms with E-state index in [9.17, 15) is 9.59 Å². The van der Waals surface area contributed by atoms with E-state index in [-0.39, 0.29) is 11.8 Å². The summed E-state index contributed by atoms with van der Waals surface area (Å²) in [7, 11) is 0. The molecule has 1 aromatic rings. The summed E-state index contributed by atoms with van der Waals surface area (Å²) < 4.78 is 5.51. The fourth-order valence-corrected chi connectivity index (χ4v) is 3.85. The second kappa shape index (κ2) is 6.93. The maximum Gasteiger partial charge on any atom is 0.306 e. The Morgan fingerprint density at radius 1 is 1.12 bits per heavy atom. The molecule has 2 aliphatic heterocycles. The maximum atomic E-state index is 13.4. The number of carbonyl (C=O) groups excluding carboxylic acids is 1. The number of hydrogen-bond donors (Lipinski definition) is 1. The molecule has 0 aromatic heterocycles. The van der Waals surface area contributed by atoms with Crippen molar-refractivity contribution in [2.45, 2.75) is 38.0 Å². The Kier molecular flexibility index (Phi) is 4.90. The van der Waals surface area contributed by atoms with Crippen LogP contribution in [-0.4, -0.2) is 48.2 Å². The van der Waals surface area contributed by atoms with Gasteiger partial charge in [-0.25, -0.2) is 0 Å². The maximum absolute atomic E-state index is 13.4. The van der Waals surface area contributed by atoms with Gasteiger partial charge in [-0.1, -0.05) is 29.8 Å². The molecule has 2 fully saturated rings. The summed E-state index contributed by atoms with van der Waals surface area (Å²) in [5.74, 6) is -0.932. The number of hydrogen-bond acceptors (Lipinski definition) is 3. The van der Waals surface area contributed by atoms with E-state index in [4.69, 9.17) is 9.84 Å². The number of aryl methyl sites for hydroxylation is 1. The van der Waals surface area contributed by atoms with Crippen molar-refractivity contribution in [3.05, 3.63) is 35.4 Å². The molecule has 0 bridgehead atoms. The van der Waals surface area contributed by atoms with E-state index >= 15 is 0 Å². The Morgan fingerprint density at radius 2 is 1.71 bits per heavy atom. The lowest BCUT2D eigenvalue weighted by Gasteiger charge is -2.42. The predicted octanol–water partition coefficient (Wildman–Crippen LogP) is 2.37. The van der Waals surface area contributed by atoms with Gasteiger partial charge in [0, 0.05) is 26.3 Å². The first-order chi connectivity index (χ1) is 11.5. The van der Waals surface area contributed by atoms with Crippen molar-refractivity contribution in [1.82, 2.24) is 4.90 Å². The van der Waals surface area contributed by atoms with Gasteiger partial charge in [0.2, 0.25) is 5.91 Å². The third-order valence-corrected chi connectivity index (χ3v) is 5.49. The lowest BCUT2D eigenvalue weighted by molar-refractivity contribution is -0.149. The van der Waals surface area contributed by atoms with Crippen molar-refractivity contribution < 1.29 is 19.4 Å². The Balaban J connectivity index is 1.82. The van der Waals surface area contributed by atoms with Crippen LogP contribution in [0.5, 0.6) is 0 Å². The predicted molar refractivity (Wildman–Crippen MR) is 89.8 cm³/mol. The van der Waals surface area contributed by atoms with Gasteiger partial charge >= 0.3 is 5.97 Å². The van der Waals surface area contributed by atoms with Crippen molar-refractivity contribution in [2.75, 3.05) is 26.3 Å². The number of likely N-dealkylation sites (tertiary alicyclic amines) is 1. The average molecular weight is 331 g/mol.